The van der Waals surface area contributed by atoms with E-state index in [1.54, 1.807) is 13.8 Å². The lowest BCUT2D eigenvalue weighted by molar-refractivity contribution is -0.305. The van der Waals surface area contributed by atoms with E-state index in [0.29, 0.717) is 51.6 Å². The molecule has 6 aliphatic rings. The van der Waals surface area contributed by atoms with Crippen LogP contribution in [0.1, 0.15) is 153 Å². The zero-order valence-corrected chi connectivity index (χ0v) is 42.0. The Morgan fingerprint density at radius 2 is 1.12 bits per heavy atom. The Morgan fingerprint density at radius 1 is 0.642 bits per heavy atom. The van der Waals surface area contributed by atoms with E-state index in [1.807, 2.05) is 86.6 Å². The molecule has 2 aliphatic heterocycles. The van der Waals surface area contributed by atoms with Gasteiger partial charge in [0.05, 0.1) is 42.7 Å². The average molecular weight is 941 g/mol. The molecule has 0 amide bonds. The Balaban J connectivity index is 0.000000271. The summed E-state index contributed by atoms with van der Waals surface area (Å²) in [5, 5.41) is 0. The molecule has 374 valence electrons. The number of esters is 5. The number of benzene rings is 1. The van der Waals surface area contributed by atoms with E-state index in [0.717, 1.165) is 23.3 Å². The Hall–Kier alpha value is -4.31. The number of allylic oxidation sites excluding steroid dienone is 1. The SMILES string of the molecule is C=C(C)C(=O)OCC(=O)OC12CC3CC(C1)CC(C(=O)OCC1CC(CC(=O)OC(C)(C)C)OC(C)(C)O1)(C3)C2.C=C(C)c1ccc(OCC2CC(CC(=O)OC(C)(C)C)OC(C)(C)O2)cc1. The van der Waals surface area contributed by atoms with Crippen LogP contribution >= 0.6 is 0 Å². The molecule has 6 unspecified atom stereocenters. The maximum Gasteiger partial charge on any atom is 0.344 e. The minimum atomic E-state index is -0.950. The molecular formula is C52H76O15. The fourth-order valence-electron chi connectivity index (χ4n) is 10.4. The highest BCUT2D eigenvalue weighted by atomic mass is 16.7. The fourth-order valence-corrected chi connectivity index (χ4v) is 10.4. The van der Waals surface area contributed by atoms with Crippen molar-refractivity contribution in [3.63, 3.8) is 0 Å². The maximum absolute atomic E-state index is 13.6. The molecule has 2 heterocycles. The summed E-state index contributed by atoms with van der Waals surface area (Å²) in [7, 11) is 0. The number of carbonyl (C=O) groups is 5. The summed E-state index contributed by atoms with van der Waals surface area (Å²) in [4.78, 5) is 62.4. The van der Waals surface area contributed by atoms with E-state index in [9.17, 15) is 24.0 Å². The number of hydrogen-bond acceptors (Lipinski definition) is 15. The molecule has 0 radical (unpaired) electrons. The largest absolute Gasteiger partial charge is 0.491 e. The van der Waals surface area contributed by atoms with Crippen LogP contribution in [-0.4, -0.2) is 102 Å². The van der Waals surface area contributed by atoms with E-state index in [-0.39, 0.29) is 67.0 Å². The highest BCUT2D eigenvalue weighted by molar-refractivity contribution is 5.88. The summed E-state index contributed by atoms with van der Waals surface area (Å²) in [5.74, 6) is -2.61. The molecule has 6 fully saturated rings. The molecule has 4 bridgehead atoms. The summed E-state index contributed by atoms with van der Waals surface area (Å²) in [6.45, 7) is 29.1. The van der Waals surface area contributed by atoms with Crippen LogP contribution in [-0.2, 0) is 66.6 Å². The van der Waals surface area contributed by atoms with Gasteiger partial charge in [0.15, 0.2) is 18.2 Å². The smallest absolute Gasteiger partial charge is 0.344 e. The molecular weight excluding hydrogens is 865 g/mol. The van der Waals surface area contributed by atoms with Crippen molar-refractivity contribution in [1.82, 2.24) is 0 Å². The summed E-state index contributed by atoms with van der Waals surface area (Å²) in [6, 6.07) is 7.81. The van der Waals surface area contributed by atoms with Gasteiger partial charge >= 0.3 is 29.8 Å². The second-order valence-corrected chi connectivity index (χ2v) is 22.3. The van der Waals surface area contributed by atoms with Gasteiger partial charge < -0.3 is 47.4 Å². The first kappa shape index (κ1) is 53.6. The molecule has 0 aromatic heterocycles. The molecule has 6 atom stereocenters. The predicted molar refractivity (Wildman–Crippen MR) is 247 cm³/mol. The van der Waals surface area contributed by atoms with Crippen molar-refractivity contribution >= 4 is 35.4 Å². The topological polar surface area (TPSA) is 178 Å². The number of ether oxygens (including phenoxy) is 10. The molecule has 4 saturated carbocycles. The van der Waals surface area contributed by atoms with Crippen LogP contribution in [0.3, 0.4) is 0 Å². The van der Waals surface area contributed by atoms with E-state index in [4.69, 9.17) is 47.4 Å². The van der Waals surface area contributed by atoms with Crippen LogP contribution in [0.2, 0.25) is 0 Å². The summed E-state index contributed by atoms with van der Waals surface area (Å²) >= 11 is 0. The number of hydrogen-bond donors (Lipinski definition) is 0. The van der Waals surface area contributed by atoms with Gasteiger partial charge in [0.25, 0.3) is 0 Å². The third kappa shape index (κ3) is 16.4. The first-order valence-electron chi connectivity index (χ1n) is 23.7. The lowest BCUT2D eigenvalue weighted by Crippen LogP contribution is -2.60. The molecule has 0 spiro atoms. The van der Waals surface area contributed by atoms with Gasteiger partial charge in [-0.2, -0.15) is 0 Å². The summed E-state index contributed by atoms with van der Waals surface area (Å²) in [6.07, 6.45) is 4.15. The monoisotopic (exact) mass is 941 g/mol. The first-order valence-corrected chi connectivity index (χ1v) is 23.7. The van der Waals surface area contributed by atoms with Crippen molar-refractivity contribution in [2.75, 3.05) is 19.8 Å². The summed E-state index contributed by atoms with van der Waals surface area (Å²) < 4.78 is 57.3. The third-order valence-electron chi connectivity index (χ3n) is 12.1. The van der Waals surface area contributed by atoms with E-state index >= 15 is 0 Å². The van der Waals surface area contributed by atoms with E-state index in [2.05, 4.69) is 13.2 Å². The van der Waals surface area contributed by atoms with Crippen LogP contribution in [0.25, 0.3) is 5.57 Å². The molecule has 0 N–H and O–H groups in total. The predicted octanol–water partition coefficient (Wildman–Crippen LogP) is 8.91. The third-order valence-corrected chi connectivity index (χ3v) is 12.1. The highest BCUT2D eigenvalue weighted by Gasteiger charge is 2.63. The van der Waals surface area contributed by atoms with Crippen LogP contribution in [0.15, 0.2) is 43.0 Å². The number of carbonyl (C=O) groups excluding carboxylic acids is 5. The lowest BCUT2D eigenvalue weighted by atomic mass is 9.48. The normalized spacial score (nSPS) is 29.3. The fraction of sp³-hybridized carbons (Fsp3) is 0.712. The quantitative estimate of drug-likeness (QED) is 0.0924. The van der Waals surface area contributed by atoms with Gasteiger partial charge in [-0.25, -0.2) is 9.59 Å². The van der Waals surface area contributed by atoms with E-state index < -0.39 is 64.5 Å². The molecule has 1 aromatic carbocycles. The van der Waals surface area contributed by atoms with Crippen molar-refractivity contribution in [1.29, 1.82) is 0 Å². The van der Waals surface area contributed by atoms with Crippen LogP contribution < -0.4 is 4.74 Å². The van der Waals surface area contributed by atoms with Gasteiger partial charge in [-0.1, -0.05) is 30.9 Å². The zero-order chi connectivity index (χ0) is 49.8. The first-order chi connectivity index (χ1) is 30.9. The molecule has 2 saturated heterocycles. The minimum Gasteiger partial charge on any atom is -0.491 e. The molecule has 1 aromatic rings. The standard InChI is InChI=1S/C30H44O10.C22H32O5/c1-18(2)25(33)35-16-24(32)40-30-13-19-8-20(14-30)12-29(11-19,17-30)26(34)36-15-22-9-21(37-28(6,7)38-22)10-23(31)39-27(3,4)5;1-15(2)16-8-10-17(11-9-16)24-14-19-12-18(25-22(6,7)26-19)13-20(23)27-21(3,4)5/h19-22H,1,8-17H2,2-7H3;8-11,18-19H,1,12-14H2,2-7H3. The Bertz CT molecular complexity index is 1950. The van der Waals surface area contributed by atoms with Gasteiger partial charge in [0, 0.05) is 24.8 Å². The minimum absolute atomic E-state index is 0.0389. The van der Waals surface area contributed by atoms with Gasteiger partial charge in [0.2, 0.25) is 0 Å². The van der Waals surface area contributed by atoms with Crippen molar-refractivity contribution in [2.45, 2.75) is 200 Å². The molecule has 15 nitrogen and oxygen atoms in total. The van der Waals surface area contributed by atoms with Gasteiger partial charge in [0.1, 0.15) is 35.8 Å². The Kier molecular flexibility index (Phi) is 16.9. The molecule has 15 heteroatoms. The van der Waals surface area contributed by atoms with Crippen molar-refractivity contribution in [2.24, 2.45) is 17.3 Å². The van der Waals surface area contributed by atoms with Gasteiger partial charge in [-0.05, 0) is 145 Å². The lowest BCUT2D eigenvalue weighted by Gasteiger charge is -2.59. The van der Waals surface area contributed by atoms with Crippen molar-refractivity contribution in [3.8, 4) is 5.75 Å². The molecule has 4 aliphatic carbocycles. The van der Waals surface area contributed by atoms with Crippen LogP contribution in [0, 0.1) is 17.3 Å². The number of rotatable bonds is 15. The highest BCUT2D eigenvalue weighted by Crippen LogP contribution is 2.63. The van der Waals surface area contributed by atoms with Crippen molar-refractivity contribution in [3.05, 3.63) is 48.6 Å². The average Bonchev–Trinajstić information content (AvgIpc) is 3.15. The second kappa shape index (κ2) is 21.1. The zero-order valence-electron chi connectivity index (χ0n) is 42.0. The molecule has 67 heavy (non-hydrogen) atoms. The summed E-state index contributed by atoms with van der Waals surface area (Å²) in [5.41, 5.74) is -0.274. The van der Waals surface area contributed by atoms with Crippen LogP contribution in [0.4, 0.5) is 0 Å². The Labute approximate surface area is 397 Å². The van der Waals surface area contributed by atoms with Crippen LogP contribution in [0.5, 0.6) is 5.75 Å². The maximum atomic E-state index is 13.6. The second-order valence-electron chi connectivity index (χ2n) is 22.3. The van der Waals surface area contributed by atoms with E-state index in [1.165, 1.54) is 6.92 Å². The Morgan fingerprint density at radius 3 is 1.58 bits per heavy atom. The van der Waals surface area contributed by atoms with Gasteiger partial charge in [-0.3, -0.25) is 14.4 Å². The molecule has 7 rings (SSSR count). The van der Waals surface area contributed by atoms with Crippen molar-refractivity contribution < 1.29 is 71.3 Å². The van der Waals surface area contributed by atoms with Gasteiger partial charge in [-0.15, -0.1) is 0 Å².